The number of aromatic nitrogens is 3. The first-order valence-electron chi connectivity index (χ1n) is 9.45. The van der Waals surface area contributed by atoms with Crippen molar-refractivity contribution in [3.63, 3.8) is 0 Å². The molecule has 3 aromatic heterocycles. The molecular formula is C22H13Cl2F3N4O4. The molecule has 35 heavy (non-hydrogen) atoms. The molecule has 180 valence electrons. The van der Waals surface area contributed by atoms with Gasteiger partial charge in [0.15, 0.2) is 0 Å². The number of halogens is 5. The molecule has 0 aliphatic rings. The van der Waals surface area contributed by atoms with Crippen molar-refractivity contribution in [3.8, 4) is 11.6 Å². The minimum atomic E-state index is -5.08. The number of carbonyl (C=O) groups excluding carboxylic acids is 1. The number of nitrogens with zero attached hydrogens (tertiary/aromatic N) is 3. The Labute approximate surface area is 205 Å². The summed E-state index contributed by atoms with van der Waals surface area (Å²) in [6.07, 6.45) is -1.93. The van der Waals surface area contributed by atoms with Gasteiger partial charge in [0.2, 0.25) is 5.88 Å². The molecule has 1 amide bonds. The Morgan fingerprint density at radius 2 is 1.71 bits per heavy atom. The lowest BCUT2D eigenvalue weighted by atomic mass is 10.2. The fourth-order valence-electron chi connectivity index (χ4n) is 2.48. The molecule has 1 aromatic carbocycles. The number of nitrogens with one attached hydrogen (secondary N) is 1. The van der Waals surface area contributed by atoms with Gasteiger partial charge in [0.25, 0.3) is 5.91 Å². The molecule has 0 aliphatic heterocycles. The fourth-order valence-corrected chi connectivity index (χ4v) is 2.81. The smallest absolute Gasteiger partial charge is 0.475 e. The van der Waals surface area contributed by atoms with E-state index in [1.807, 2.05) is 0 Å². The average Bonchev–Trinajstić information content (AvgIpc) is 2.81. The monoisotopic (exact) mass is 524 g/mol. The molecule has 13 heteroatoms. The Bertz CT molecular complexity index is 1370. The van der Waals surface area contributed by atoms with E-state index in [9.17, 15) is 18.0 Å². The predicted molar refractivity (Wildman–Crippen MR) is 122 cm³/mol. The molecule has 0 unspecified atom stereocenters. The van der Waals surface area contributed by atoms with Crippen LogP contribution in [-0.4, -0.2) is 38.1 Å². The van der Waals surface area contributed by atoms with Crippen LogP contribution in [0.4, 0.5) is 18.9 Å². The molecule has 4 aromatic rings. The van der Waals surface area contributed by atoms with E-state index in [4.69, 9.17) is 37.8 Å². The number of carboxylic acids is 1. The van der Waals surface area contributed by atoms with E-state index in [1.54, 1.807) is 60.8 Å². The van der Waals surface area contributed by atoms with Crippen molar-refractivity contribution in [1.82, 2.24) is 15.0 Å². The molecule has 0 saturated carbocycles. The maximum Gasteiger partial charge on any atom is 0.490 e. The number of anilines is 1. The van der Waals surface area contributed by atoms with Gasteiger partial charge in [-0.3, -0.25) is 9.78 Å². The summed E-state index contributed by atoms with van der Waals surface area (Å²) in [5.41, 5.74) is 2.16. The van der Waals surface area contributed by atoms with Crippen LogP contribution in [0.2, 0.25) is 10.0 Å². The zero-order valence-corrected chi connectivity index (χ0v) is 18.8. The van der Waals surface area contributed by atoms with Gasteiger partial charge in [-0.05, 0) is 48.5 Å². The summed E-state index contributed by atoms with van der Waals surface area (Å²) >= 11 is 12.1. The molecule has 0 atom stereocenters. The third-order valence-corrected chi connectivity index (χ3v) is 4.55. The number of rotatable bonds is 4. The molecule has 8 nitrogen and oxygen atoms in total. The largest absolute Gasteiger partial charge is 0.490 e. The van der Waals surface area contributed by atoms with Crippen molar-refractivity contribution in [2.45, 2.75) is 6.18 Å². The van der Waals surface area contributed by atoms with Gasteiger partial charge in [0, 0.05) is 24.1 Å². The number of carbonyl (C=O) groups is 2. The van der Waals surface area contributed by atoms with Crippen LogP contribution < -0.4 is 10.1 Å². The van der Waals surface area contributed by atoms with Gasteiger partial charge in [0.1, 0.15) is 11.4 Å². The van der Waals surface area contributed by atoms with Crippen molar-refractivity contribution in [2.75, 3.05) is 5.32 Å². The van der Waals surface area contributed by atoms with E-state index in [0.29, 0.717) is 32.9 Å². The number of amides is 1. The number of pyridine rings is 3. The quantitative estimate of drug-likeness (QED) is 0.336. The number of fused-ring (bicyclic) bond motifs is 1. The fraction of sp³-hybridized carbons (Fsp3) is 0.0455. The van der Waals surface area contributed by atoms with Gasteiger partial charge in [-0.2, -0.15) is 13.2 Å². The van der Waals surface area contributed by atoms with Gasteiger partial charge >= 0.3 is 12.1 Å². The Kier molecular flexibility index (Phi) is 8.05. The van der Waals surface area contributed by atoms with E-state index in [2.05, 4.69) is 20.3 Å². The number of ether oxygens (including phenoxy) is 1. The van der Waals surface area contributed by atoms with Crippen LogP contribution in [0.3, 0.4) is 0 Å². The summed E-state index contributed by atoms with van der Waals surface area (Å²) in [6.45, 7) is 0. The molecule has 2 N–H and O–H groups in total. The minimum absolute atomic E-state index is 0.280. The topological polar surface area (TPSA) is 114 Å². The summed E-state index contributed by atoms with van der Waals surface area (Å²) < 4.78 is 37.4. The second-order valence-electron chi connectivity index (χ2n) is 6.56. The summed E-state index contributed by atoms with van der Waals surface area (Å²) in [7, 11) is 0. The SMILES string of the molecule is O=C(Nc1ccc(Oc2ccc(Cl)cn2)c(Cl)c1)c1ccc2ncccc2n1.O=C(O)C(F)(F)F. The summed E-state index contributed by atoms with van der Waals surface area (Å²) in [5, 5.41) is 10.7. The van der Waals surface area contributed by atoms with E-state index < -0.39 is 12.1 Å². The standard InChI is InChI=1S/C20H12Cl2N4O2.C2HF3O2/c21-12-3-8-19(24-11-12)28-18-7-4-13(10-14(18)22)25-20(27)17-6-5-15-16(26-17)2-1-9-23-15;3-2(4,5)1(6)7/h1-11H,(H,25,27);(H,6,7). The number of hydrogen-bond donors (Lipinski definition) is 2. The van der Waals surface area contributed by atoms with Crippen molar-refractivity contribution in [1.29, 1.82) is 0 Å². The third kappa shape index (κ3) is 7.26. The van der Waals surface area contributed by atoms with E-state index in [1.165, 1.54) is 6.20 Å². The third-order valence-electron chi connectivity index (χ3n) is 4.04. The van der Waals surface area contributed by atoms with Crippen molar-refractivity contribution in [2.24, 2.45) is 0 Å². The highest BCUT2D eigenvalue weighted by Gasteiger charge is 2.38. The molecule has 0 aliphatic carbocycles. The first kappa shape index (κ1) is 25.7. The summed E-state index contributed by atoms with van der Waals surface area (Å²) in [5.74, 6) is -2.34. The summed E-state index contributed by atoms with van der Waals surface area (Å²) in [6, 6.07) is 15.2. The zero-order chi connectivity index (χ0) is 25.6. The Morgan fingerprint density at radius 1 is 0.971 bits per heavy atom. The van der Waals surface area contributed by atoms with E-state index in [-0.39, 0.29) is 11.6 Å². The first-order valence-corrected chi connectivity index (χ1v) is 10.2. The van der Waals surface area contributed by atoms with E-state index >= 15 is 0 Å². The van der Waals surface area contributed by atoms with Crippen LogP contribution in [0.1, 0.15) is 10.5 Å². The average molecular weight is 525 g/mol. The van der Waals surface area contributed by atoms with Gasteiger partial charge in [0.05, 0.1) is 21.1 Å². The predicted octanol–water partition coefficient (Wildman–Crippen LogP) is 6.01. The molecule has 0 saturated heterocycles. The van der Waals surface area contributed by atoms with Crippen LogP contribution in [0.5, 0.6) is 11.6 Å². The number of alkyl halides is 3. The van der Waals surface area contributed by atoms with Gasteiger partial charge in [-0.15, -0.1) is 0 Å². The highest BCUT2D eigenvalue weighted by molar-refractivity contribution is 6.32. The van der Waals surface area contributed by atoms with E-state index in [0.717, 1.165) is 5.52 Å². The maximum atomic E-state index is 12.5. The summed E-state index contributed by atoms with van der Waals surface area (Å²) in [4.78, 5) is 33.9. The Balaban J connectivity index is 0.000000429. The van der Waals surface area contributed by atoms with Crippen LogP contribution in [0.15, 0.2) is 67.0 Å². The Hall–Kier alpha value is -3.96. The number of carboxylic acid groups (broad SMARTS) is 1. The first-order chi connectivity index (χ1) is 16.5. The van der Waals surface area contributed by atoms with Gasteiger partial charge < -0.3 is 15.2 Å². The second-order valence-corrected chi connectivity index (χ2v) is 7.40. The molecule has 4 rings (SSSR count). The van der Waals surface area contributed by atoms with Crippen molar-refractivity contribution in [3.05, 3.63) is 82.7 Å². The molecule has 3 heterocycles. The number of benzene rings is 1. The maximum absolute atomic E-state index is 12.5. The van der Waals surface area contributed by atoms with Crippen molar-refractivity contribution >= 4 is 51.8 Å². The van der Waals surface area contributed by atoms with Gasteiger partial charge in [-0.25, -0.2) is 14.8 Å². The molecular weight excluding hydrogens is 512 g/mol. The lowest BCUT2D eigenvalue weighted by Gasteiger charge is -2.10. The van der Waals surface area contributed by atoms with Crippen LogP contribution in [0.25, 0.3) is 11.0 Å². The van der Waals surface area contributed by atoms with Crippen LogP contribution in [0, 0.1) is 0 Å². The normalized spacial score (nSPS) is 10.8. The highest BCUT2D eigenvalue weighted by Crippen LogP contribution is 2.31. The van der Waals surface area contributed by atoms with Crippen LogP contribution >= 0.6 is 23.2 Å². The lowest BCUT2D eigenvalue weighted by molar-refractivity contribution is -0.192. The number of hydrogen-bond acceptors (Lipinski definition) is 6. The van der Waals surface area contributed by atoms with Crippen LogP contribution in [-0.2, 0) is 4.79 Å². The van der Waals surface area contributed by atoms with Crippen molar-refractivity contribution < 1.29 is 32.6 Å². The molecule has 0 spiro atoms. The lowest BCUT2D eigenvalue weighted by Crippen LogP contribution is -2.21. The number of aliphatic carboxylic acids is 1. The Morgan fingerprint density at radius 3 is 2.34 bits per heavy atom. The highest BCUT2D eigenvalue weighted by atomic mass is 35.5. The molecule has 0 fully saturated rings. The molecule has 0 bridgehead atoms. The second kappa shape index (κ2) is 11.0. The zero-order valence-electron chi connectivity index (χ0n) is 17.3. The van der Waals surface area contributed by atoms with Gasteiger partial charge in [-0.1, -0.05) is 23.2 Å². The molecule has 0 radical (unpaired) electrons. The minimum Gasteiger partial charge on any atom is -0.475 e.